The van der Waals surface area contributed by atoms with Crippen molar-refractivity contribution in [3.8, 4) is 17.0 Å². The molecule has 0 atom stereocenters. The predicted octanol–water partition coefficient (Wildman–Crippen LogP) is 1.62. The lowest BCUT2D eigenvalue weighted by molar-refractivity contribution is -0.135. The number of rotatable bonds is 4. The van der Waals surface area contributed by atoms with E-state index in [0.29, 0.717) is 6.07 Å². The third-order valence-corrected chi connectivity index (χ3v) is 3.36. The highest BCUT2D eigenvalue weighted by Crippen LogP contribution is 2.30. The largest absolute Gasteiger partial charge is 0.507 e. The highest BCUT2D eigenvalue weighted by atomic mass is 35.5. The van der Waals surface area contributed by atoms with Gasteiger partial charge in [0.05, 0.1) is 5.69 Å². The molecule has 136 valence electrons. The maximum absolute atomic E-state index is 14.0. The zero-order valence-corrected chi connectivity index (χ0v) is 13.6. The van der Waals surface area contributed by atoms with Crippen LogP contribution in [0.25, 0.3) is 16.9 Å². The van der Waals surface area contributed by atoms with Gasteiger partial charge in [0.25, 0.3) is 5.91 Å². The van der Waals surface area contributed by atoms with Gasteiger partial charge in [-0.15, -0.1) is 12.4 Å². The summed E-state index contributed by atoms with van der Waals surface area (Å²) in [5, 5.41) is 24.8. The lowest BCUT2D eigenvalue weighted by Gasteiger charge is -2.11. The molecular weight excluding hydrogens is 374 g/mol. The molecule has 0 aliphatic carbocycles. The second-order valence-corrected chi connectivity index (χ2v) is 4.99. The molecule has 3 rings (SSSR count). The Morgan fingerprint density at radius 3 is 2.62 bits per heavy atom. The van der Waals surface area contributed by atoms with Gasteiger partial charge in [-0.2, -0.15) is 5.10 Å². The second kappa shape index (κ2) is 7.31. The Balaban J connectivity index is 0.00000243. The molecule has 0 unspecified atom stereocenters. The molecule has 0 aliphatic rings. The predicted molar refractivity (Wildman–Crippen MR) is 87.2 cm³/mol. The first-order valence-corrected chi connectivity index (χ1v) is 6.89. The topological polar surface area (TPSA) is 117 Å². The maximum Gasteiger partial charge on any atom is 0.322 e. The minimum Gasteiger partial charge on any atom is -0.507 e. The van der Waals surface area contributed by atoms with Crippen LogP contribution in [-0.2, 0) is 4.79 Å². The first kappa shape index (κ1) is 19.1. The molecule has 0 radical (unpaired) electrons. The standard InChI is InChI=1S/C15H10F2N4O4.ClH/c16-7-1-2-8(9(17)3-7)10-4-11(22)13(14-19-6-20-21(10)14)15(25)18-5-12(23)24;/h1-4,6,22H,5H2,(H,18,25)(H,23,24);1H. The Hall–Kier alpha value is -3.27. The average molecular weight is 385 g/mol. The van der Waals surface area contributed by atoms with Gasteiger partial charge in [0, 0.05) is 17.7 Å². The van der Waals surface area contributed by atoms with Crippen molar-refractivity contribution in [1.82, 2.24) is 19.9 Å². The van der Waals surface area contributed by atoms with Gasteiger partial charge in [0.15, 0.2) is 5.65 Å². The summed E-state index contributed by atoms with van der Waals surface area (Å²) in [7, 11) is 0. The Morgan fingerprint density at radius 2 is 1.96 bits per heavy atom. The molecule has 0 aliphatic heterocycles. The normalized spacial score (nSPS) is 10.4. The summed E-state index contributed by atoms with van der Waals surface area (Å²) in [5.74, 6) is -4.37. The van der Waals surface area contributed by atoms with E-state index in [4.69, 9.17) is 5.11 Å². The van der Waals surface area contributed by atoms with Crippen molar-refractivity contribution in [3.63, 3.8) is 0 Å². The monoisotopic (exact) mass is 384 g/mol. The third kappa shape index (κ3) is 3.40. The van der Waals surface area contributed by atoms with E-state index in [0.717, 1.165) is 29.0 Å². The van der Waals surface area contributed by atoms with Crippen molar-refractivity contribution < 1.29 is 28.6 Å². The van der Waals surface area contributed by atoms with E-state index < -0.39 is 35.8 Å². The molecule has 0 fully saturated rings. The van der Waals surface area contributed by atoms with Crippen molar-refractivity contribution in [2.24, 2.45) is 0 Å². The smallest absolute Gasteiger partial charge is 0.322 e. The molecule has 0 spiro atoms. The Morgan fingerprint density at radius 1 is 1.23 bits per heavy atom. The number of hydrogen-bond donors (Lipinski definition) is 3. The molecule has 11 heteroatoms. The van der Waals surface area contributed by atoms with Crippen molar-refractivity contribution in [2.45, 2.75) is 0 Å². The zero-order chi connectivity index (χ0) is 18.1. The Labute approximate surface area is 150 Å². The molecule has 1 amide bonds. The molecule has 3 aromatic rings. The molecule has 2 aromatic heterocycles. The van der Waals surface area contributed by atoms with Crippen molar-refractivity contribution in [1.29, 1.82) is 0 Å². The van der Waals surface area contributed by atoms with Crippen LogP contribution in [0.3, 0.4) is 0 Å². The van der Waals surface area contributed by atoms with Crippen LogP contribution in [0.1, 0.15) is 10.4 Å². The number of pyridine rings is 1. The number of fused-ring (bicyclic) bond motifs is 1. The van der Waals surface area contributed by atoms with Crippen LogP contribution >= 0.6 is 12.4 Å². The number of carbonyl (C=O) groups is 2. The van der Waals surface area contributed by atoms with Crippen LogP contribution in [0.5, 0.6) is 5.75 Å². The molecule has 0 bridgehead atoms. The molecule has 0 saturated heterocycles. The maximum atomic E-state index is 14.0. The van der Waals surface area contributed by atoms with Gasteiger partial charge in [0.2, 0.25) is 0 Å². The quantitative estimate of drug-likeness (QED) is 0.629. The minimum atomic E-state index is -1.27. The molecule has 2 heterocycles. The summed E-state index contributed by atoms with van der Waals surface area (Å²) in [4.78, 5) is 26.5. The fourth-order valence-corrected chi connectivity index (χ4v) is 2.32. The molecule has 26 heavy (non-hydrogen) atoms. The van der Waals surface area contributed by atoms with Gasteiger partial charge in [0.1, 0.15) is 35.8 Å². The lowest BCUT2D eigenvalue weighted by Crippen LogP contribution is -2.29. The van der Waals surface area contributed by atoms with E-state index in [-0.39, 0.29) is 34.9 Å². The minimum absolute atomic E-state index is 0. The summed E-state index contributed by atoms with van der Waals surface area (Å²) < 4.78 is 28.2. The average Bonchev–Trinajstić information content (AvgIpc) is 3.01. The van der Waals surface area contributed by atoms with Gasteiger partial charge in [-0.3, -0.25) is 9.59 Å². The SMILES string of the molecule is Cl.O=C(O)CNC(=O)c1c(O)cc(-c2ccc(F)cc2F)n2ncnc12. The number of halogens is 3. The number of aromatic nitrogens is 3. The van der Waals surface area contributed by atoms with Gasteiger partial charge in [-0.05, 0) is 12.1 Å². The van der Waals surface area contributed by atoms with E-state index >= 15 is 0 Å². The number of carbonyl (C=O) groups excluding carboxylic acids is 1. The van der Waals surface area contributed by atoms with Crippen molar-refractivity contribution in [2.75, 3.05) is 6.54 Å². The van der Waals surface area contributed by atoms with Crippen LogP contribution in [0.15, 0.2) is 30.6 Å². The summed E-state index contributed by atoms with van der Waals surface area (Å²) >= 11 is 0. The molecule has 0 saturated carbocycles. The Bertz CT molecular complexity index is 1010. The number of benzene rings is 1. The van der Waals surface area contributed by atoms with E-state index in [2.05, 4.69) is 15.4 Å². The van der Waals surface area contributed by atoms with Gasteiger partial charge in [-0.1, -0.05) is 0 Å². The molecule has 3 N–H and O–H groups in total. The fraction of sp³-hybridized carbons (Fsp3) is 0.0667. The van der Waals surface area contributed by atoms with Crippen LogP contribution in [0, 0.1) is 11.6 Å². The number of carboxylic acids is 1. The van der Waals surface area contributed by atoms with Crippen LogP contribution < -0.4 is 5.32 Å². The van der Waals surface area contributed by atoms with Gasteiger partial charge >= 0.3 is 5.97 Å². The first-order valence-electron chi connectivity index (χ1n) is 6.89. The number of aromatic hydroxyl groups is 1. The van der Waals surface area contributed by atoms with E-state index in [1.54, 1.807) is 0 Å². The number of nitrogens with zero attached hydrogens (tertiary/aromatic N) is 3. The first-order chi connectivity index (χ1) is 11.9. The number of aliphatic carboxylic acids is 1. The summed E-state index contributed by atoms with van der Waals surface area (Å²) in [5.41, 5.74) is -0.450. The Kier molecular flexibility index (Phi) is 5.36. The van der Waals surface area contributed by atoms with E-state index in [1.165, 1.54) is 0 Å². The molecule has 1 aromatic carbocycles. The van der Waals surface area contributed by atoms with Gasteiger partial charge in [-0.25, -0.2) is 18.3 Å². The number of amides is 1. The van der Waals surface area contributed by atoms with E-state index in [9.17, 15) is 23.5 Å². The number of carboxylic acid groups (broad SMARTS) is 1. The van der Waals surface area contributed by atoms with E-state index in [1.807, 2.05) is 0 Å². The highest BCUT2D eigenvalue weighted by Gasteiger charge is 2.22. The molecule has 8 nitrogen and oxygen atoms in total. The van der Waals surface area contributed by atoms with Crippen molar-refractivity contribution >= 4 is 29.9 Å². The second-order valence-electron chi connectivity index (χ2n) is 4.99. The third-order valence-electron chi connectivity index (χ3n) is 3.36. The van der Waals surface area contributed by atoms with Crippen LogP contribution in [-0.4, -0.2) is 43.2 Å². The lowest BCUT2D eigenvalue weighted by atomic mass is 10.1. The summed E-state index contributed by atoms with van der Waals surface area (Å²) in [6, 6.07) is 3.92. The van der Waals surface area contributed by atoms with Crippen molar-refractivity contribution in [3.05, 3.63) is 47.8 Å². The zero-order valence-electron chi connectivity index (χ0n) is 12.8. The number of nitrogens with one attached hydrogen (secondary N) is 1. The fourth-order valence-electron chi connectivity index (χ4n) is 2.32. The number of hydrogen-bond acceptors (Lipinski definition) is 5. The van der Waals surface area contributed by atoms with Crippen LogP contribution in [0.2, 0.25) is 0 Å². The van der Waals surface area contributed by atoms with Crippen LogP contribution in [0.4, 0.5) is 8.78 Å². The highest BCUT2D eigenvalue weighted by molar-refractivity contribution is 6.04. The molecular formula is C15H11ClF2N4O4. The summed E-state index contributed by atoms with van der Waals surface area (Å²) in [6.45, 7) is -0.660. The summed E-state index contributed by atoms with van der Waals surface area (Å²) in [6.07, 6.45) is 1.08. The van der Waals surface area contributed by atoms with Gasteiger partial charge < -0.3 is 15.5 Å².